The smallest absolute Gasteiger partial charge is 0.416 e. The summed E-state index contributed by atoms with van der Waals surface area (Å²) in [5.41, 5.74) is 4.49. The number of hydrogen-bond acceptors (Lipinski definition) is 4. The number of ether oxygens (including phenoxy) is 1. The number of nitrogens with two attached hydrogens (primary N) is 1. The van der Waals surface area contributed by atoms with Crippen LogP contribution in [-0.4, -0.2) is 28.7 Å². The number of rotatable bonds is 5. The molecule has 5 nitrogen and oxygen atoms in total. The first-order valence-corrected chi connectivity index (χ1v) is 7.18. The van der Waals surface area contributed by atoms with Gasteiger partial charge in [0.25, 0.3) is 0 Å². The van der Waals surface area contributed by atoms with Crippen LogP contribution in [0.3, 0.4) is 0 Å². The minimum absolute atomic E-state index is 0.0751. The SMILES string of the molecule is CC(C)(C)OC(=O)[C@H](C(=O)O)[C@@H](N)Cc1ccc(C(F)(F)F)cc1. The van der Waals surface area contributed by atoms with E-state index in [1.807, 2.05) is 0 Å². The second kappa shape index (κ2) is 7.21. The second-order valence-corrected chi connectivity index (χ2v) is 6.41. The maximum absolute atomic E-state index is 12.5. The minimum atomic E-state index is -4.46. The van der Waals surface area contributed by atoms with Crippen molar-refractivity contribution in [2.45, 2.75) is 45.0 Å². The summed E-state index contributed by atoms with van der Waals surface area (Å²) >= 11 is 0. The zero-order valence-electron chi connectivity index (χ0n) is 13.6. The van der Waals surface area contributed by atoms with Gasteiger partial charge in [-0.1, -0.05) is 12.1 Å². The molecule has 0 saturated heterocycles. The van der Waals surface area contributed by atoms with Crippen molar-refractivity contribution < 1.29 is 32.6 Å². The third-order valence-corrected chi connectivity index (χ3v) is 3.11. The van der Waals surface area contributed by atoms with Gasteiger partial charge in [-0.25, -0.2) is 0 Å². The van der Waals surface area contributed by atoms with E-state index in [4.69, 9.17) is 10.5 Å². The Labute approximate surface area is 137 Å². The minimum Gasteiger partial charge on any atom is -0.481 e. The zero-order valence-corrected chi connectivity index (χ0v) is 13.6. The lowest BCUT2D eigenvalue weighted by atomic mass is 9.93. The van der Waals surface area contributed by atoms with E-state index in [0.717, 1.165) is 12.1 Å². The van der Waals surface area contributed by atoms with Crippen LogP contribution in [0.1, 0.15) is 31.9 Å². The van der Waals surface area contributed by atoms with Crippen molar-refractivity contribution in [3.05, 3.63) is 35.4 Å². The van der Waals surface area contributed by atoms with Crippen molar-refractivity contribution in [2.75, 3.05) is 0 Å². The van der Waals surface area contributed by atoms with Crippen LogP contribution >= 0.6 is 0 Å². The van der Waals surface area contributed by atoms with Gasteiger partial charge in [-0.2, -0.15) is 13.2 Å². The molecule has 0 amide bonds. The molecule has 1 rings (SSSR count). The van der Waals surface area contributed by atoms with Crippen molar-refractivity contribution >= 4 is 11.9 Å². The predicted molar refractivity (Wildman–Crippen MR) is 80.1 cm³/mol. The lowest BCUT2D eigenvalue weighted by molar-refractivity contribution is -0.167. The third kappa shape index (κ3) is 5.84. The number of aliphatic carboxylic acids is 1. The van der Waals surface area contributed by atoms with Gasteiger partial charge in [0.1, 0.15) is 5.60 Å². The molecule has 134 valence electrons. The highest BCUT2D eigenvalue weighted by Crippen LogP contribution is 2.29. The summed E-state index contributed by atoms with van der Waals surface area (Å²) < 4.78 is 42.6. The molecule has 1 aromatic rings. The molecule has 0 bridgehead atoms. The predicted octanol–water partition coefficient (Wildman–Crippen LogP) is 2.62. The molecule has 0 aliphatic rings. The molecule has 0 unspecified atom stereocenters. The fraction of sp³-hybridized carbons (Fsp3) is 0.500. The van der Waals surface area contributed by atoms with Crippen molar-refractivity contribution in [3.63, 3.8) is 0 Å². The Morgan fingerprint density at radius 2 is 1.67 bits per heavy atom. The molecule has 0 fully saturated rings. The Balaban J connectivity index is 2.88. The maximum Gasteiger partial charge on any atom is 0.416 e. The van der Waals surface area contributed by atoms with E-state index >= 15 is 0 Å². The van der Waals surface area contributed by atoms with E-state index in [9.17, 15) is 27.9 Å². The second-order valence-electron chi connectivity index (χ2n) is 6.41. The summed E-state index contributed by atoms with van der Waals surface area (Å²) in [6.45, 7) is 4.77. The summed E-state index contributed by atoms with van der Waals surface area (Å²) in [5.74, 6) is -4.02. The molecule has 3 N–H and O–H groups in total. The van der Waals surface area contributed by atoms with Crippen molar-refractivity contribution in [1.82, 2.24) is 0 Å². The molecule has 0 spiro atoms. The van der Waals surface area contributed by atoms with Gasteiger partial charge >= 0.3 is 18.1 Å². The first kappa shape index (κ1) is 20.0. The van der Waals surface area contributed by atoms with Gasteiger partial charge in [-0.3, -0.25) is 9.59 Å². The third-order valence-electron chi connectivity index (χ3n) is 3.11. The topological polar surface area (TPSA) is 89.6 Å². The van der Waals surface area contributed by atoms with Gasteiger partial charge in [0, 0.05) is 6.04 Å². The normalized spacial score (nSPS) is 14.8. The molecule has 24 heavy (non-hydrogen) atoms. The van der Waals surface area contributed by atoms with E-state index < -0.39 is 41.2 Å². The lowest BCUT2D eigenvalue weighted by Crippen LogP contribution is -2.45. The van der Waals surface area contributed by atoms with Gasteiger partial charge < -0.3 is 15.6 Å². The molecule has 1 aromatic carbocycles. The van der Waals surface area contributed by atoms with E-state index in [0.29, 0.717) is 5.56 Å². The van der Waals surface area contributed by atoms with Crippen molar-refractivity contribution in [1.29, 1.82) is 0 Å². The molecule has 2 atom stereocenters. The van der Waals surface area contributed by atoms with Crippen molar-refractivity contribution in [3.8, 4) is 0 Å². The highest BCUT2D eigenvalue weighted by Gasteiger charge is 2.36. The molecule has 0 aromatic heterocycles. The largest absolute Gasteiger partial charge is 0.481 e. The molecule has 0 aliphatic carbocycles. The van der Waals surface area contributed by atoms with E-state index in [-0.39, 0.29) is 6.42 Å². The lowest BCUT2D eigenvalue weighted by Gasteiger charge is -2.25. The average molecular weight is 347 g/mol. The fourth-order valence-corrected chi connectivity index (χ4v) is 2.04. The van der Waals surface area contributed by atoms with E-state index in [2.05, 4.69) is 0 Å². The Kier molecular flexibility index (Phi) is 5.99. The summed E-state index contributed by atoms with van der Waals surface area (Å²) in [7, 11) is 0. The van der Waals surface area contributed by atoms with Crippen molar-refractivity contribution in [2.24, 2.45) is 11.7 Å². The van der Waals surface area contributed by atoms with Crippen LogP contribution in [0.5, 0.6) is 0 Å². The van der Waals surface area contributed by atoms with Crippen LogP contribution in [0.25, 0.3) is 0 Å². The first-order chi connectivity index (χ1) is 10.8. The van der Waals surface area contributed by atoms with Gasteiger partial charge in [0.05, 0.1) is 5.56 Å². The highest BCUT2D eigenvalue weighted by atomic mass is 19.4. The number of esters is 1. The summed E-state index contributed by atoms with van der Waals surface area (Å²) in [6, 6.07) is 3.04. The van der Waals surface area contributed by atoms with Crippen LogP contribution in [0.4, 0.5) is 13.2 Å². The number of hydrogen-bond donors (Lipinski definition) is 2. The molecule has 0 saturated carbocycles. The Morgan fingerprint density at radius 1 is 1.17 bits per heavy atom. The Morgan fingerprint density at radius 3 is 2.04 bits per heavy atom. The summed E-state index contributed by atoms with van der Waals surface area (Å²) in [4.78, 5) is 23.3. The fourth-order valence-electron chi connectivity index (χ4n) is 2.04. The van der Waals surface area contributed by atoms with Gasteiger partial charge in [-0.15, -0.1) is 0 Å². The number of carbonyl (C=O) groups excluding carboxylic acids is 1. The monoisotopic (exact) mass is 347 g/mol. The van der Waals surface area contributed by atoms with E-state index in [1.165, 1.54) is 12.1 Å². The van der Waals surface area contributed by atoms with Crippen LogP contribution in [-0.2, 0) is 26.9 Å². The van der Waals surface area contributed by atoms with Crippen LogP contribution < -0.4 is 5.73 Å². The summed E-state index contributed by atoms with van der Waals surface area (Å²) in [5, 5.41) is 9.21. The van der Waals surface area contributed by atoms with Gasteiger partial charge in [0.15, 0.2) is 5.92 Å². The molecule has 0 aliphatic heterocycles. The van der Waals surface area contributed by atoms with Crippen LogP contribution in [0.15, 0.2) is 24.3 Å². The Bertz CT molecular complexity index is 591. The average Bonchev–Trinajstić information content (AvgIpc) is 2.35. The standard InChI is InChI=1S/C16H20F3NO4/c1-15(2,3)24-14(23)12(13(21)22)11(20)8-9-4-6-10(7-5-9)16(17,18)19/h4-7,11-12H,8,20H2,1-3H3,(H,21,22)/t11-,12-/m0/s1. The number of benzene rings is 1. The number of halogens is 3. The van der Waals surface area contributed by atoms with Crippen LogP contribution in [0.2, 0.25) is 0 Å². The number of carboxylic acid groups (broad SMARTS) is 1. The maximum atomic E-state index is 12.5. The first-order valence-electron chi connectivity index (χ1n) is 7.18. The van der Waals surface area contributed by atoms with Gasteiger partial charge in [0.2, 0.25) is 0 Å². The quantitative estimate of drug-likeness (QED) is 0.631. The molecule has 8 heteroatoms. The highest BCUT2D eigenvalue weighted by molar-refractivity contribution is 5.95. The van der Waals surface area contributed by atoms with E-state index in [1.54, 1.807) is 20.8 Å². The molecule has 0 radical (unpaired) electrons. The molecule has 0 heterocycles. The number of carboxylic acids is 1. The summed E-state index contributed by atoms with van der Waals surface area (Å²) in [6.07, 6.45) is -4.53. The molecular weight excluding hydrogens is 327 g/mol. The number of alkyl halides is 3. The molecular formula is C16H20F3NO4. The van der Waals surface area contributed by atoms with Crippen LogP contribution in [0, 0.1) is 5.92 Å². The Hall–Kier alpha value is -2.09. The number of carbonyl (C=O) groups is 2. The van der Waals surface area contributed by atoms with Gasteiger partial charge in [-0.05, 0) is 44.9 Å². The zero-order chi connectivity index (χ0) is 18.7.